The Labute approximate surface area is 86.1 Å². The Balaban J connectivity index is 3.22. The molecule has 0 aromatic heterocycles. The van der Waals surface area contributed by atoms with Crippen LogP contribution in [0.15, 0.2) is 30.3 Å². The average Bonchev–Trinajstić information content (AvgIpc) is 2.16. The Morgan fingerprint density at radius 2 is 1.50 bits per heavy atom. The molecule has 0 aliphatic heterocycles. The maximum absolute atomic E-state index is 11.3. The lowest BCUT2D eigenvalue weighted by molar-refractivity contribution is -0.115. The molecule has 1 unspecified atom stereocenters. The van der Waals surface area contributed by atoms with Crippen LogP contribution in [0.2, 0.25) is 0 Å². The highest BCUT2D eigenvalue weighted by Gasteiger charge is 2.38. The Kier molecular flexibility index (Phi) is 2.79. The van der Waals surface area contributed by atoms with E-state index in [9.17, 15) is 4.79 Å². The first-order valence-electron chi connectivity index (χ1n) is 4.94. The molecular formula is C13H18O. The second-order valence-corrected chi connectivity index (χ2v) is 4.94. The molecule has 0 bridgehead atoms. The third-order valence-electron chi connectivity index (χ3n) is 3.17. The number of carbonyl (C=O) groups excluding carboxylic acids is 1. The lowest BCUT2D eigenvalue weighted by Crippen LogP contribution is -2.38. The van der Waals surface area contributed by atoms with Gasteiger partial charge in [-0.15, -0.1) is 0 Å². The first kappa shape index (κ1) is 11.0. The molecule has 0 radical (unpaired) electrons. The minimum absolute atomic E-state index is 0.0594. The maximum atomic E-state index is 11.3. The van der Waals surface area contributed by atoms with Crippen LogP contribution >= 0.6 is 0 Å². The normalized spacial score (nSPS) is 16.0. The zero-order valence-electron chi connectivity index (χ0n) is 9.37. The van der Waals surface area contributed by atoms with Crippen LogP contribution in [-0.2, 0) is 10.2 Å². The average molecular weight is 191 g/mol. The summed E-state index contributed by atoms with van der Waals surface area (Å²) >= 11 is 0. The van der Waals surface area contributed by atoms with Gasteiger partial charge in [0.1, 0.15) is 6.29 Å². The van der Waals surface area contributed by atoms with Gasteiger partial charge in [0.2, 0.25) is 0 Å². The number of hydrogen-bond donors (Lipinski definition) is 0. The summed E-state index contributed by atoms with van der Waals surface area (Å²) in [6.07, 6.45) is 1.06. The Bertz CT molecular complexity index is 308. The van der Waals surface area contributed by atoms with Gasteiger partial charge in [-0.1, -0.05) is 51.1 Å². The number of benzene rings is 1. The topological polar surface area (TPSA) is 17.1 Å². The number of aldehydes is 1. The monoisotopic (exact) mass is 191 g/mol. The van der Waals surface area contributed by atoms with Crippen LogP contribution in [0.5, 0.6) is 0 Å². The summed E-state index contributed by atoms with van der Waals surface area (Å²) in [7, 11) is 0. The molecule has 0 saturated heterocycles. The molecule has 76 valence electrons. The highest BCUT2D eigenvalue weighted by atomic mass is 16.2. The zero-order valence-corrected chi connectivity index (χ0v) is 9.37. The SMILES string of the molecule is CC(C)(C)C(C)([13CH]=O)c1ccccc1. The largest absolute Gasteiger partial charge is 0.302 e. The summed E-state index contributed by atoms with van der Waals surface area (Å²) < 4.78 is 0. The molecule has 0 fully saturated rings. The molecule has 1 heteroatoms. The van der Waals surface area contributed by atoms with Gasteiger partial charge in [0, 0.05) is 0 Å². The van der Waals surface area contributed by atoms with E-state index in [1.807, 2.05) is 37.3 Å². The van der Waals surface area contributed by atoms with Crippen molar-refractivity contribution < 1.29 is 4.79 Å². The summed E-state index contributed by atoms with van der Waals surface area (Å²) in [5, 5.41) is 0. The number of carbonyl (C=O) groups is 1. The second kappa shape index (κ2) is 3.56. The smallest absolute Gasteiger partial charge is 0.130 e. The van der Waals surface area contributed by atoms with E-state index in [4.69, 9.17) is 0 Å². The molecule has 0 amide bonds. The molecular weight excluding hydrogens is 173 g/mol. The van der Waals surface area contributed by atoms with Crippen molar-refractivity contribution >= 4 is 6.29 Å². The van der Waals surface area contributed by atoms with Gasteiger partial charge in [-0.25, -0.2) is 0 Å². The number of rotatable bonds is 2. The third kappa shape index (κ3) is 1.72. The van der Waals surface area contributed by atoms with Gasteiger partial charge in [-0.2, -0.15) is 0 Å². The molecule has 14 heavy (non-hydrogen) atoms. The molecule has 1 nitrogen and oxygen atoms in total. The number of hydrogen-bond acceptors (Lipinski definition) is 1. The Hall–Kier alpha value is -1.11. The lowest BCUT2D eigenvalue weighted by Gasteiger charge is -2.37. The lowest BCUT2D eigenvalue weighted by atomic mass is 9.69. The van der Waals surface area contributed by atoms with Crippen LogP contribution in [0.25, 0.3) is 0 Å². The van der Waals surface area contributed by atoms with Crippen molar-refractivity contribution in [3.05, 3.63) is 35.9 Å². The fourth-order valence-electron chi connectivity index (χ4n) is 1.46. The molecule has 1 aromatic rings. The van der Waals surface area contributed by atoms with Crippen molar-refractivity contribution in [2.45, 2.75) is 33.1 Å². The van der Waals surface area contributed by atoms with Crippen molar-refractivity contribution in [2.75, 3.05) is 0 Å². The first-order chi connectivity index (χ1) is 6.42. The molecule has 0 spiro atoms. The van der Waals surface area contributed by atoms with Crippen molar-refractivity contribution in [3.8, 4) is 0 Å². The Morgan fingerprint density at radius 1 is 1.00 bits per heavy atom. The van der Waals surface area contributed by atoms with Crippen LogP contribution < -0.4 is 0 Å². The van der Waals surface area contributed by atoms with E-state index in [0.717, 1.165) is 11.8 Å². The van der Waals surface area contributed by atoms with Gasteiger partial charge in [0.05, 0.1) is 5.41 Å². The van der Waals surface area contributed by atoms with Crippen LogP contribution in [0.1, 0.15) is 33.3 Å². The van der Waals surface area contributed by atoms with Gasteiger partial charge in [0.15, 0.2) is 0 Å². The second-order valence-electron chi connectivity index (χ2n) is 4.94. The van der Waals surface area contributed by atoms with E-state index >= 15 is 0 Å². The van der Waals surface area contributed by atoms with Crippen LogP contribution in [-0.4, -0.2) is 6.29 Å². The van der Waals surface area contributed by atoms with Crippen LogP contribution in [0, 0.1) is 5.41 Å². The minimum Gasteiger partial charge on any atom is -0.302 e. The van der Waals surface area contributed by atoms with Crippen LogP contribution in [0.3, 0.4) is 0 Å². The highest BCUT2D eigenvalue weighted by molar-refractivity contribution is 5.69. The molecule has 0 saturated carbocycles. The predicted octanol–water partition coefficient (Wildman–Crippen LogP) is 3.19. The fourth-order valence-corrected chi connectivity index (χ4v) is 1.46. The molecule has 0 N–H and O–H groups in total. The maximum Gasteiger partial charge on any atom is 0.130 e. The van der Waals surface area contributed by atoms with E-state index in [-0.39, 0.29) is 5.41 Å². The van der Waals surface area contributed by atoms with E-state index in [0.29, 0.717) is 0 Å². The van der Waals surface area contributed by atoms with Crippen molar-refractivity contribution in [1.82, 2.24) is 0 Å². The highest BCUT2D eigenvalue weighted by Crippen LogP contribution is 2.39. The molecule has 0 aliphatic carbocycles. The molecule has 1 aromatic carbocycles. The van der Waals surface area contributed by atoms with Crippen molar-refractivity contribution in [3.63, 3.8) is 0 Å². The quantitative estimate of drug-likeness (QED) is 0.518. The summed E-state index contributed by atoms with van der Waals surface area (Å²) in [5.41, 5.74) is 0.618. The minimum atomic E-state index is -0.408. The molecule has 1 atom stereocenters. The summed E-state index contributed by atoms with van der Waals surface area (Å²) in [6.45, 7) is 8.27. The van der Waals surface area contributed by atoms with Gasteiger partial charge >= 0.3 is 0 Å². The van der Waals surface area contributed by atoms with Crippen molar-refractivity contribution in [1.29, 1.82) is 0 Å². The van der Waals surface area contributed by atoms with Crippen LogP contribution in [0.4, 0.5) is 0 Å². The van der Waals surface area contributed by atoms with Gasteiger partial charge in [-0.3, -0.25) is 0 Å². The summed E-state index contributed by atoms with van der Waals surface area (Å²) in [6, 6.07) is 9.95. The fraction of sp³-hybridized carbons (Fsp3) is 0.462. The Morgan fingerprint density at radius 3 is 1.86 bits per heavy atom. The summed E-state index contributed by atoms with van der Waals surface area (Å²) in [5.74, 6) is 0. The van der Waals surface area contributed by atoms with Gasteiger partial charge < -0.3 is 4.79 Å². The van der Waals surface area contributed by atoms with Gasteiger partial charge in [0.25, 0.3) is 0 Å². The first-order valence-corrected chi connectivity index (χ1v) is 4.94. The molecule has 0 heterocycles. The van der Waals surface area contributed by atoms with Crippen molar-refractivity contribution in [2.24, 2.45) is 5.41 Å². The van der Waals surface area contributed by atoms with Gasteiger partial charge in [-0.05, 0) is 17.9 Å². The van der Waals surface area contributed by atoms with E-state index in [1.54, 1.807) is 0 Å². The van der Waals surface area contributed by atoms with E-state index in [1.165, 1.54) is 0 Å². The summed E-state index contributed by atoms with van der Waals surface area (Å²) in [4.78, 5) is 11.3. The standard InChI is InChI=1S/C13H18O/c1-12(2,3)13(4,10-14)11-8-6-5-7-9-11/h5-10H,1-4H3/i10+1. The predicted molar refractivity (Wildman–Crippen MR) is 59.3 cm³/mol. The third-order valence-corrected chi connectivity index (χ3v) is 3.17. The zero-order chi connectivity index (χ0) is 10.8. The molecule has 0 aliphatic rings. The molecule has 1 rings (SSSR count). The van der Waals surface area contributed by atoms with E-state index in [2.05, 4.69) is 20.8 Å². The van der Waals surface area contributed by atoms with E-state index < -0.39 is 5.41 Å².